The fraction of sp³-hybridized carbons (Fsp3) is 0.500. The van der Waals surface area contributed by atoms with Gasteiger partial charge >= 0.3 is 5.97 Å². The monoisotopic (exact) mass is 168 g/mol. The van der Waals surface area contributed by atoms with Crippen molar-refractivity contribution in [2.45, 2.75) is 12.6 Å². The van der Waals surface area contributed by atoms with Crippen LogP contribution in [0.4, 0.5) is 0 Å². The van der Waals surface area contributed by atoms with Crippen molar-refractivity contribution < 1.29 is 9.90 Å². The van der Waals surface area contributed by atoms with Crippen molar-refractivity contribution in [2.24, 2.45) is 0 Å². The predicted octanol–water partition coefficient (Wildman–Crippen LogP) is -0.993. The van der Waals surface area contributed by atoms with Gasteiger partial charge < -0.3 is 10.4 Å². The number of carbonyl (C=O) groups is 1. The number of nitrogens with one attached hydrogen (secondary N) is 1. The van der Waals surface area contributed by atoms with Gasteiger partial charge in [-0.25, -0.2) is 14.5 Å². The Morgan fingerprint density at radius 2 is 2.67 bits per heavy atom. The molecule has 1 atom stereocenters. The molecule has 1 aromatic rings. The first kappa shape index (κ1) is 7.23. The van der Waals surface area contributed by atoms with E-state index in [4.69, 9.17) is 5.11 Å². The quantitative estimate of drug-likeness (QED) is 0.562. The van der Waals surface area contributed by atoms with E-state index in [1.165, 1.54) is 11.0 Å². The lowest BCUT2D eigenvalue weighted by Crippen LogP contribution is -2.38. The zero-order valence-electron chi connectivity index (χ0n) is 6.27. The molecule has 1 aromatic heterocycles. The number of hydrogen-bond donors (Lipinski definition) is 2. The highest BCUT2D eigenvalue weighted by Crippen LogP contribution is 2.11. The molecule has 0 saturated heterocycles. The summed E-state index contributed by atoms with van der Waals surface area (Å²) < 4.78 is 1.44. The fourth-order valence-corrected chi connectivity index (χ4v) is 1.26. The van der Waals surface area contributed by atoms with E-state index in [1.54, 1.807) is 0 Å². The van der Waals surface area contributed by atoms with Crippen molar-refractivity contribution in [2.75, 3.05) is 6.54 Å². The molecule has 0 radical (unpaired) electrons. The summed E-state index contributed by atoms with van der Waals surface area (Å²) in [5.74, 6) is -0.206. The van der Waals surface area contributed by atoms with Crippen molar-refractivity contribution in [1.82, 2.24) is 20.1 Å². The van der Waals surface area contributed by atoms with E-state index in [2.05, 4.69) is 15.4 Å². The van der Waals surface area contributed by atoms with E-state index in [-0.39, 0.29) is 0 Å². The highest BCUT2D eigenvalue weighted by Gasteiger charge is 2.26. The van der Waals surface area contributed by atoms with Crippen LogP contribution < -0.4 is 5.32 Å². The van der Waals surface area contributed by atoms with Gasteiger partial charge in [0.1, 0.15) is 12.2 Å². The number of hydrogen-bond acceptors (Lipinski definition) is 4. The van der Waals surface area contributed by atoms with Gasteiger partial charge in [-0.1, -0.05) is 0 Å². The molecule has 1 aliphatic rings. The second kappa shape index (κ2) is 2.56. The molecule has 0 saturated carbocycles. The van der Waals surface area contributed by atoms with Gasteiger partial charge in [-0.15, -0.1) is 0 Å². The first-order chi connectivity index (χ1) is 5.79. The molecular weight excluding hydrogens is 160 g/mol. The Balaban J connectivity index is 2.37. The second-order valence-corrected chi connectivity index (χ2v) is 2.61. The van der Waals surface area contributed by atoms with Crippen LogP contribution in [0.25, 0.3) is 0 Å². The van der Waals surface area contributed by atoms with Crippen LogP contribution >= 0.6 is 0 Å². The van der Waals surface area contributed by atoms with E-state index < -0.39 is 12.0 Å². The van der Waals surface area contributed by atoms with Gasteiger partial charge in [-0.05, 0) is 0 Å². The zero-order chi connectivity index (χ0) is 8.55. The number of nitrogens with zero attached hydrogens (tertiary/aromatic N) is 3. The van der Waals surface area contributed by atoms with Gasteiger partial charge in [-0.2, -0.15) is 5.10 Å². The molecule has 64 valence electrons. The number of fused-ring (bicyclic) bond motifs is 1. The molecule has 0 aromatic carbocycles. The summed E-state index contributed by atoms with van der Waals surface area (Å²) in [4.78, 5) is 14.6. The van der Waals surface area contributed by atoms with Crippen LogP contribution in [-0.2, 0) is 11.3 Å². The van der Waals surface area contributed by atoms with Crippen molar-refractivity contribution in [1.29, 1.82) is 0 Å². The maximum Gasteiger partial charge on any atom is 0.329 e. The molecule has 12 heavy (non-hydrogen) atoms. The van der Waals surface area contributed by atoms with Crippen LogP contribution in [0.1, 0.15) is 11.9 Å². The van der Waals surface area contributed by atoms with Gasteiger partial charge in [0.2, 0.25) is 0 Å². The molecule has 2 N–H and O–H groups in total. The van der Waals surface area contributed by atoms with E-state index in [0.717, 1.165) is 0 Å². The Hall–Kier alpha value is -1.43. The molecule has 2 heterocycles. The fourth-order valence-electron chi connectivity index (χ4n) is 1.26. The standard InChI is InChI=1S/C6H8N4O2/c11-6(12)4-1-7-2-5-8-3-9-10(4)5/h3-4,7H,1-2H2,(H,11,12). The maximum absolute atomic E-state index is 10.7. The summed E-state index contributed by atoms with van der Waals surface area (Å²) in [7, 11) is 0. The first-order valence-electron chi connectivity index (χ1n) is 3.61. The summed E-state index contributed by atoms with van der Waals surface area (Å²) in [6.45, 7) is 0.996. The normalized spacial score (nSPS) is 21.8. The van der Waals surface area contributed by atoms with Gasteiger partial charge in [0.25, 0.3) is 0 Å². The summed E-state index contributed by atoms with van der Waals surface area (Å²) in [5, 5.41) is 15.6. The van der Waals surface area contributed by atoms with Crippen molar-refractivity contribution in [3.8, 4) is 0 Å². The molecular formula is C6H8N4O2. The third-order valence-electron chi connectivity index (χ3n) is 1.85. The molecule has 0 fully saturated rings. The average molecular weight is 168 g/mol. The summed E-state index contributed by atoms with van der Waals surface area (Å²) in [6.07, 6.45) is 1.37. The first-order valence-corrected chi connectivity index (χ1v) is 3.61. The summed E-state index contributed by atoms with van der Waals surface area (Å²) in [5.41, 5.74) is 0. The second-order valence-electron chi connectivity index (χ2n) is 2.61. The van der Waals surface area contributed by atoms with Crippen LogP contribution in [0.5, 0.6) is 0 Å². The number of aromatic nitrogens is 3. The minimum absolute atomic E-state index is 0.408. The summed E-state index contributed by atoms with van der Waals surface area (Å²) >= 11 is 0. The highest BCUT2D eigenvalue weighted by molar-refractivity contribution is 5.72. The van der Waals surface area contributed by atoms with Gasteiger partial charge in [0, 0.05) is 6.54 Å². The van der Waals surface area contributed by atoms with Crippen LogP contribution in [-0.4, -0.2) is 32.4 Å². The van der Waals surface area contributed by atoms with Gasteiger partial charge in [0.05, 0.1) is 6.54 Å². The smallest absolute Gasteiger partial charge is 0.329 e. The van der Waals surface area contributed by atoms with Crippen LogP contribution in [0.15, 0.2) is 6.33 Å². The molecule has 0 bridgehead atoms. The van der Waals surface area contributed by atoms with E-state index in [9.17, 15) is 4.79 Å². The minimum atomic E-state index is -0.881. The van der Waals surface area contributed by atoms with Gasteiger partial charge in [0.15, 0.2) is 6.04 Å². The Labute approximate surface area is 68.2 Å². The van der Waals surface area contributed by atoms with Crippen molar-refractivity contribution >= 4 is 5.97 Å². The topological polar surface area (TPSA) is 80.0 Å². The van der Waals surface area contributed by atoms with Crippen molar-refractivity contribution in [3.05, 3.63) is 12.2 Å². The number of aliphatic carboxylic acids is 1. The Morgan fingerprint density at radius 1 is 1.83 bits per heavy atom. The highest BCUT2D eigenvalue weighted by atomic mass is 16.4. The molecule has 0 aliphatic carbocycles. The maximum atomic E-state index is 10.7. The average Bonchev–Trinajstić information content (AvgIpc) is 2.49. The lowest BCUT2D eigenvalue weighted by Gasteiger charge is -2.20. The predicted molar refractivity (Wildman–Crippen MR) is 38.4 cm³/mol. The van der Waals surface area contributed by atoms with Crippen LogP contribution in [0.2, 0.25) is 0 Å². The SMILES string of the molecule is O=C(O)C1CNCc2ncnn21. The molecule has 1 unspecified atom stereocenters. The molecule has 6 heteroatoms. The third-order valence-corrected chi connectivity index (χ3v) is 1.85. The van der Waals surface area contributed by atoms with E-state index in [1.807, 2.05) is 0 Å². The third kappa shape index (κ3) is 0.964. The Bertz CT molecular complexity index is 308. The Morgan fingerprint density at radius 3 is 3.42 bits per heavy atom. The number of rotatable bonds is 1. The number of carboxylic acids is 1. The lowest BCUT2D eigenvalue weighted by atomic mass is 10.2. The molecule has 1 aliphatic heterocycles. The largest absolute Gasteiger partial charge is 0.480 e. The van der Waals surface area contributed by atoms with Gasteiger partial charge in [-0.3, -0.25) is 0 Å². The molecule has 0 amide bonds. The summed E-state index contributed by atoms with van der Waals surface area (Å²) in [6, 6.07) is -0.615. The van der Waals surface area contributed by atoms with E-state index in [0.29, 0.717) is 18.9 Å². The van der Waals surface area contributed by atoms with E-state index >= 15 is 0 Å². The molecule has 0 spiro atoms. The molecule has 6 nitrogen and oxygen atoms in total. The lowest BCUT2D eigenvalue weighted by molar-refractivity contribution is -0.141. The van der Waals surface area contributed by atoms with Crippen LogP contribution in [0.3, 0.4) is 0 Å². The minimum Gasteiger partial charge on any atom is -0.480 e. The molecule has 2 rings (SSSR count). The number of carboxylic acid groups (broad SMARTS) is 1. The Kier molecular flexibility index (Phi) is 1.54. The van der Waals surface area contributed by atoms with Crippen LogP contribution in [0, 0.1) is 0 Å². The van der Waals surface area contributed by atoms with Crippen molar-refractivity contribution in [3.63, 3.8) is 0 Å². The zero-order valence-corrected chi connectivity index (χ0v) is 6.27.